The Hall–Kier alpha value is -1.60. The molecule has 1 aromatic carbocycles. The van der Waals surface area contributed by atoms with Gasteiger partial charge in [-0.25, -0.2) is 8.42 Å². The second kappa shape index (κ2) is 7.60. The van der Waals surface area contributed by atoms with Gasteiger partial charge in [0.05, 0.1) is 17.4 Å². The lowest BCUT2D eigenvalue weighted by molar-refractivity contribution is -0.125. The summed E-state index contributed by atoms with van der Waals surface area (Å²) in [5.41, 5.74) is 0. The Bertz CT molecular complexity index is 592. The molecule has 1 fully saturated rings. The molecule has 1 saturated heterocycles. The van der Waals surface area contributed by atoms with Crippen LogP contribution >= 0.6 is 0 Å². The van der Waals surface area contributed by atoms with Crippen molar-refractivity contribution in [1.82, 2.24) is 10.6 Å². The van der Waals surface area contributed by atoms with Crippen LogP contribution in [0.4, 0.5) is 0 Å². The van der Waals surface area contributed by atoms with Crippen LogP contribution < -0.4 is 15.4 Å². The maximum absolute atomic E-state index is 11.9. The first-order valence-electron chi connectivity index (χ1n) is 7.38. The van der Waals surface area contributed by atoms with Crippen molar-refractivity contribution in [2.24, 2.45) is 5.92 Å². The van der Waals surface area contributed by atoms with Gasteiger partial charge in [0, 0.05) is 12.8 Å². The largest absolute Gasteiger partial charge is 0.492 e. The Morgan fingerprint density at radius 2 is 2.09 bits per heavy atom. The van der Waals surface area contributed by atoms with Crippen LogP contribution in [0, 0.1) is 5.92 Å². The fourth-order valence-electron chi connectivity index (χ4n) is 2.35. The molecule has 1 unspecified atom stereocenters. The number of nitrogens with one attached hydrogen (secondary N) is 2. The molecule has 1 aromatic rings. The smallest absolute Gasteiger partial charge is 0.224 e. The quantitative estimate of drug-likeness (QED) is 0.747. The lowest BCUT2D eigenvalue weighted by Gasteiger charge is -2.21. The second-order valence-corrected chi connectivity index (χ2v) is 7.44. The van der Waals surface area contributed by atoms with Gasteiger partial charge in [-0.3, -0.25) is 4.79 Å². The SMILES string of the molecule is CS(=O)(=O)c1ccc(OCCNC(=O)C2CCCNC2)cc1. The number of amides is 1. The van der Waals surface area contributed by atoms with E-state index in [1.165, 1.54) is 18.4 Å². The number of benzene rings is 1. The predicted molar refractivity (Wildman–Crippen MR) is 83.7 cm³/mol. The molecular formula is C15H22N2O4S. The molecule has 7 heteroatoms. The topological polar surface area (TPSA) is 84.5 Å². The van der Waals surface area contributed by atoms with Gasteiger partial charge in [0.2, 0.25) is 5.91 Å². The van der Waals surface area contributed by atoms with E-state index in [1.54, 1.807) is 12.1 Å². The van der Waals surface area contributed by atoms with Crippen molar-refractivity contribution < 1.29 is 17.9 Å². The molecule has 0 radical (unpaired) electrons. The molecule has 122 valence electrons. The Kier molecular flexibility index (Phi) is 5.79. The van der Waals surface area contributed by atoms with Gasteiger partial charge < -0.3 is 15.4 Å². The third-order valence-electron chi connectivity index (χ3n) is 3.59. The third-order valence-corrected chi connectivity index (χ3v) is 4.72. The van der Waals surface area contributed by atoms with Crippen LogP contribution in [0.3, 0.4) is 0 Å². The van der Waals surface area contributed by atoms with Crippen molar-refractivity contribution in [2.45, 2.75) is 17.7 Å². The van der Waals surface area contributed by atoms with Crippen LogP contribution in [-0.4, -0.2) is 46.8 Å². The highest BCUT2D eigenvalue weighted by atomic mass is 32.2. The number of ether oxygens (including phenoxy) is 1. The Balaban J connectivity index is 1.71. The minimum atomic E-state index is -3.19. The van der Waals surface area contributed by atoms with Gasteiger partial charge in [-0.1, -0.05) is 0 Å². The molecule has 1 atom stereocenters. The summed E-state index contributed by atoms with van der Waals surface area (Å²) < 4.78 is 28.2. The summed E-state index contributed by atoms with van der Waals surface area (Å²) in [6, 6.07) is 6.25. The van der Waals surface area contributed by atoms with E-state index in [0.29, 0.717) is 18.9 Å². The van der Waals surface area contributed by atoms with Gasteiger partial charge in [-0.2, -0.15) is 0 Å². The van der Waals surface area contributed by atoms with Crippen LogP contribution in [0.5, 0.6) is 5.75 Å². The maximum atomic E-state index is 11.9. The number of carbonyl (C=O) groups excluding carboxylic acids is 1. The molecule has 2 rings (SSSR count). The minimum absolute atomic E-state index is 0.0443. The van der Waals surface area contributed by atoms with Crippen molar-refractivity contribution in [3.05, 3.63) is 24.3 Å². The molecule has 1 aliphatic rings. The van der Waals surface area contributed by atoms with Gasteiger partial charge in [-0.05, 0) is 43.7 Å². The van der Waals surface area contributed by atoms with E-state index in [1.807, 2.05) is 0 Å². The minimum Gasteiger partial charge on any atom is -0.492 e. The summed E-state index contributed by atoms with van der Waals surface area (Å²) in [6.45, 7) is 2.50. The molecule has 0 saturated carbocycles. The first-order valence-corrected chi connectivity index (χ1v) is 9.27. The van der Waals surface area contributed by atoms with E-state index in [4.69, 9.17) is 4.74 Å². The number of sulfone groups is 1. The zero-order valence-corrected chi connectivity index (χ0v) is 13.5. The van der Waals surface area contributed by atoms with Gasteiger partial charge in [-0.15, -0.1) is 0 Å². The molecule has 22 heavy (non-hydrogen) atoms. The summed E-state index contributed by atoms with van der Waals surface area (Å²) in [5, 5.41) is 6.07. The van der Waals surface area contributed by atoms with Crippen molar-refractivity contribution in [1.29, 1.82) is 0 Å². The highest BCUT2D eigenvalue weighted by molar-refractivity contribution is 7.90. The van der Waals surface area contributed by atoms with E-state index in [9.17, 15) is 13.2 Å². The zero-order chi connectivity index (χ0) is 16.0. The molecule has 6 nitrogen and oxygen atoms in total. The molecule has 1 heterocycles. The second-order valence-electron chi connectivity index (χ2n) is 5.43. The highest BCUT2D eigenvalue weighted by Crippen LogP contribution is 2.15. The number of hydrogen-bond acceptors (Lipinski definition) is 5. The van der Waals surface area contributed by atoms with Gasteiger partial charge in [0.1, 0.15) is 12.4 Å². The van der Waals surface area contributed by atoms with Gasteiger partial charge in [0.15, 0.2) is 9.84 Å². The number of rotatable bonds is 6. The average Bonchev–Trinajstić information content (AvgIpc) is 2.52. The fourth-order valence-corrected chi connectivity index (χ4v) is 2.98. The fraction of sp³-hybridized carbons (Fsp3) is 0.533. The predicted octanol–water partition coefficient (Wildman–Crippen LogP) is 0.585. The van der Waals surface area contributed by atoms with E-state index >= 15 is 0 Å². The standard InChI is InChI=1S/C15H22N2O4S/c1-22(19,20)14-6-4-13(5-7-14)21-10-9-17-15(18)12-3-2-8-16-11-12/h4-7,12,16H,2-3,8-11H2,1H3,(H,17,18). The van der Waals surface area contributed by atoms with Gasteiger partial charge >= 0.3 is 0 Å². The first-order chi connectivity index (χ1) is 10.5. The number of carbonyl (C=O) groups is 1. The van der Waals surface area contributed by atoms with Crippen LogP contribution in [-0.2, 0) is 14.6 Å². The van der Waals surface area contributed by atoms with E-state index < -0.39 is 9.84 Å². The van der Waals surface area contributed by atoms with Crippen molar-refractivity contribution in [3.63, 3.8) is 0 Å². The van der Waals surface area contributed by atoms with E-state index in [2.05, 4.69) is 10.6 Å². The summed E-state index contributed by atoms with van der Waals surface area (Å²) in [4.78, 5) is 12.2. The zero-order valence-electron chi connectivity index (χ0n) is 12.7. The first kappa shape index (κ1) is 16.8. The number of hydrogen-bond donors (Lipinski definition) is 2. The Morgan fingerprint density at radius 3 is 2.68 bits per heavy atom. The summed E-state index contributed by atoms with van der Waals surface area (Å²) >= 11 is 0. The third kappa shape index (κ3) is 4.99. The monoisotopic (exact) mass is 326 g/mol. The van der Waals surface area contributed by atoms with E-state index in [0.717, 1.165) is 25.9 Å². The van der Waals surface area contributed by atoms with Crippen LogP contribution in [0.2, 0.25) is 0 Å². The lowest BCUT2D eigenvalue weighted by Crippen LogP contribution is -2.41. The summed E-state index contributed by atoms with van der Waals surface area (Å²) in [6.07, 6.45) is 3.12. The number of piperidine rings is 1. The van der Waals surface area contributed by atoms with E-state index in [-0.39, 0.29) is 16.7 Å². The van der Waals surface area contributed by atoms with Crippen LogP contribution in [0.1, 0.15) is 12.8 Å². The molecular weight excluding hydrogens is 304 g/mol. The highest BCUT2D eigenvalue weighted by Gasteiger charge is 2.20. The molecule has 1 amide bonds. The Morgan fingerprint density at radius 1 is 1.36 bits per heavy atom. The van der Waals surface area contributed by atoms with Gasteiger partial charge in [0.25, 0.3) is 0 Å². The normalized spacial score (nSPS) is 18.7. The molecule has 1 aliphatic heterocycles. The Labute approximate surface area is 131 Å². The van der Waals surface area contributed by atoms with Crippen LogP contribution in [0.25, 0.3) is 0 Å². The van der Waals surface area contributed by atoms with Crippen molar-refractivity contribution >= 4 is 15.7 Å². The molecule has 0 spiro atoms. The van der Waals surface area contributed by atoms with Crippen molar-refractivity contribution in [3.8, 4) is 5.75 Å². The summed E-state index contributed by atoms with van der Waals surface area (Å²) in [7, 11) is -3.19. The maximum Gasteiger partial charge on any atom is 0.224 e. The average molecular weight is 326 g/mol. The summed E-state index contributed by atoms with van der Waals surface area (Å²) in [5.74, 6) is 0.687. The molecule has 0 bridgehead atoms. The van der Waals surface area contributed by atoms with Crippen molar-refractivity contribution in [2.75, 3.05) is 32.5 Å². The molecule has 2 N–H and O–H groups in total. The van der Waals surface area contributed by atoms with Crippen LogP contribution in [0.15, 0.2) is 29.2 Å². The lowest BCUT2D eigenvalue weighted by atomic mass is 9.99. The molecule has 0 aromatic heterocycles. The molecule has 0 aliphatic carbocycles.